The van der Waals surface area contributed by atoms with Crippen molar-refractivity contribution >= 4 is 35.1 Å². The maximum atomic E-state index is 14.2. The molecule has 1 aliphatic rings. The van der Waals surface area contributed by atoms with Crippen molar-refractivity contribution in [3.63, 3.8) is 0 Å². The zero-order valence-electron chi connectivity index (χ0n) is 24.4. The lowest BCUT2D eigenvalue weighted by atomic mass is 9.92. The highest BCUT2D eigenvalue weighted by Crippen LogP contribution is 2.31. The Morgan fingerprint density at radius 1 is 1.23 bits per heavy atom. The van der Waals surface area contributed by atoms with Gasteiger partial charge in [0.05, 0.1) is 6.04 Å². The number of hydrogen-bond donors (Lipinski definition) is 2. The molecule has 2 amide bonds. The summed E-state index contributed by atoms with van der Waals surface area (Å²) in [4.78, 5) is 59.0. The number of carbonyl (C=O) groups is 4. The van der Waals surface area contributed by atoms with Gasteiger partial charge in [0.25, 0.3) is 0 Å². The first kappa shape index (κ1) is 32.7. The number of nitrogens with one attached hydrogen (secondary N) is 1. The van der Waals surface area contributed by atoms with Gasteiger partial charge in [0.2, 0.25) is 11.8 Å². The molecule has 0 saturated carbocycles. The quantitative estimate of drug-likeness (QED) is 0.322. The summed E-state index contributed by atoms with van der Waals surface area (Å²) in [5.74, 6) is -2.01. The van der Waals surface area contributed by atoms with Crippen molar-refractivity contribution in [2.24, 2.45) is 11.8 Å². The zero-order chi connectivity index (χ0) is 29.3. The highest BCUT2D eigenvalue weighted by molar-refractivity contribution is 7.09. The molecular weight excluding hydrogens is 520 g/mol. The maximum absolute atomic E-state index is 14.2. The number of carboxylic acid groups (broad SMARTS) is 1. The molecule has 1 unspecified atom stereocenters. The van der Waals surface area contributed by atoms with Crippen molar-refractivity contribution < 1.29 is 29.0 Å². The molecule has 1 fully saturated rings. The molecule has 1 saturated heterocycles. The van der Waals surface area contributed by atoms with E-state index < -0.39 is 24.1 Å². The molecule has 39 heavy (non-hydrogen) atoms. The van der Waals surface area contributed by atoms with E-state index in [1.54, 1.807) is 0 Å². The number of rotatable bonds is 14. The van der Waals surface area contributed by atoms with Crippen LogP contribution in [0.2, 0.25) is 0 Å². The van der Waals surface area contributed by atoms with Gasteiger partial charge in [0.15, 0.2) is 11.8 Å². The van der Waals surface area contributed by atoms with E-state index in [1.165, 1.54) is 12.3 Å². The molecule has 0 spiro atoms. The molecule has 11 heteroatoms. The summed E-state index contributed by atoms with van der Waals surface area (Å²) >= 11 is 1.12. The average molecular weight is 567 g/mol. The van der Waals surface area contributed by atoms with E-state index in [2.05, 4.69) is 15.2 Å². The van der Waals surface area contributed by atoms with Crippen molar-refractivity contribution in [3.05, 3.63) is 16.1 Å². The van der Waals surface area contributed by atoms with Gasteiger partial charge in [-0.2, -0.15) is 0 Å². The van der Waals surface area contributed by atoms with E-state index in [0.717, 1.165) is 43.6 Å². The topological polar surface area (TPSA) is 129 Å². The highest BCUT2D eigenvalue weighted by Gasteiger charge is 2.38. The Balaban J connectivity index is 2.38. The van der Waals surface area contributed by atoms with Crippen LogP contribution in [0.1, 0.15) is 102 Å². The number of thiazole rings is 1. The first-order valence-corrected chi connectivity index (χ1v) is 15.0. The van der Waals surface area contributed by atoms with Crippen LogP contribution in [0.15, 0.2) is 5.38 Å². The third-order valence-electron chi connectivity index (χ3n) is 7.55. The number of likely N-dealkylation sites (N-methyl/N-ethyl adjacent to an activating group) is 1. The molecule has 0 bridgehead atoms. The van der Waals surface area contributed by atoms with Gasteiger partial charge in [-0.1, -0.05) is 47.5 Å². The van der Waals surface area contributed by atoms with E-state index in [9.17, 15) is 24.3 Å². The van der Waals surface area contributed by atoms with Crippen LogP contribution in [0.5, 0.6) is 0 Å². The Kier molecular flexibility index (Phi) is 12.8. The average Bonchev–Trinajstić information content (AvgIpc) is 3.38. The minimum absolute atomic E-state index is 0.00442. The lowest BCUT2D eigenvalue weighted by Gasteiger charge is -2.40. The molecule has 10 nitrogen and oxygen atoms in total. The Morgan fingerprint density at radius 3 is 2.44 bits per heavy atom. The molecule has 1 aromatic rings. The van der Waals surface area contributed by atoms with Gasteiger partial charge in [-0.15, -0.1) is 11.3 Å². The molecule has 1 aromatic heterocycles. The SMILES string of the molecule is CCCN(C(=O)[C@@H](NC(=O)[C@H]1CCCCN1C)[C@@H](C)CC)C(C[C@@H](OC(C)=O)c1nc(C(=O)O)cs1)C(C)C. The molecule has 1 aliphatic heterocycles. The molecule has 0 aliphatic carbocycles. The lowest BCUT2D eigenvalue weighted by molar-refractivity contribution is -0.149. The van der Waals surface area contributed by atoms with Gasteiger partial charge >= 0.3 is 11.9 Å². The van der Waals surface area contributed by atoms with Crippen LogP contribution in [0, 0.1) is 11.8 Å². The smallest absolute Gasteiger partial charge is 0.355 e. The molecule has 2 N–H and O–H groups in total. The van der Waals surface area contributed by atoms with Crippen LogP contribution in [-0.2, 0) is 19.1 Å². The van der Waals surface area contributed by atoms with Crippen LogP contribution in [-0.4, -0.2) is 81.9 Å². The van der Waals surface area contributed by atoms with E-state index in [0.29, 0.717) is 18.0 Å². The summed E-state index contributed by atoms with van der Waals surface area (Å²) < 4.78 is 5.61. The molecular formula is C28H46N4O6S. The Bertz CT molecular complexity index is 983. The van der Waals surface area contributed by atoms with Crippen molar-refractivity contribution in [1.29, 1.82) is 0 Å². The van der Waals surface area contributed by atoms with Crippen LogP contribution < -0.4 is 5.32 Å². The summed E-state index contributed by atoms with van der Waals surface area (Å²) in [7, 11) is 1.95. The number of carboxylic acids is 1. The predicted molar refractivity (Wildman–Crippen MR) is 150 cm³/mol. The minimum atomic E-state index is -1.15. The third kappa shape index (κ3) is 8.99. The van der Waals surface area contributed by atoms with Crippen LogP contribution in [0.4, 0.5) is 0 Å². The molecule has 0 radical (unpaired) electrons. The number of hydrogen-bond acceptors (Lipinski definition) is 8. The van der Waals surface area contributed by atoms with Crippen molar-refractivity contribution in [2.75, 3.05) is 20.1 Å². The van der Waals surface area contributed by atoms with Crippen molar-refractivity contribution in [1.82, 2.24) is 20.1 Å². The number of ether oxygens (including phenoxy) is 1. The first-order valence-electron chi connectivity index (χ1n) is 14.1. The van der Waals surface area contributed by atoms with E-state index >= 15 is 0 Å². The molecule has 5 atom stereocenters. The van der Waals surface area contributed by atoms with Gasteiger partial charge in [-0.25, -0.2) is 9.78 Å². The molecule has 2 heterocycles. The molecule has 2 rings (SSSR count). The summed E-state index contributed by atoms with van der Waals surface area (Å²) in [6.45, 7) is 12.6. The van der Waals surface area contributed by atoms with Gasteiger partial charge < -0.3 is 20.1 Å². The molecule has 220 valence electrons. The number of aromatic carboxylic acids is 1. The Hall–Kier alpha value is -2.53. The van der Waals surface area contributed by atoms with E-state index in [-0.39, 0.29) is 47.8 Å². The summed E-state index contributed by atoms with van der Waals surface area (Å²) in [5, 5.41) is 14.2. The summed E-state index contributed by atoms with van der Waals surface area (Å²) in [5.41, 5.74) is -0.109. The minimum Gasteiger partial charge on any atom is -0.476 e. The Morgan fingerprint density at radius 2 is 1.92 bits per heavy atom. The first-order chi connectivity index (χ1) is 18.4. The number of nitrogens with zero attached hydrogens (tertiary/aromatic N) is 3. The highest BCUT2D eigenvalue weighted by atomic mass is 32.1. The van der Waals surface area contributed by atoms with Crippen LogP contribution in [0.3, 0.4) is 0 Å². The Labute approximate surface area is 236 Å². The van der Waals surface area contributed by atoms with Crippen LogP contribution in [0.25, 0.3) is 0 Å². The maximum Gasteiger partial charge on any atom is 0.355 e. The number of carbonyl (C=O) groups excluding carboxylic acids is 3. The monoisotopic (exact) mass is 566 g/mol. The second-order valence-electron chi connectivity index (χ2n) is 10.9. The second-order valence-corrected chi connectivity index (χ2v) is 11.8. The third-order valence-corrected chi connectivity index (χ3v) is 8.48. The number of esters is 1. The number of aromatic nitrogens is 1. The van der Waals surface area contributed by atoms with Gasteiger partial charge in [-0.05, 0) is 44.7 Å². The van der Waals surface area contributed by atoms with Gasteiger partial charge in [-0.3, -0.25) is 19.3 Å². The van der Waals surface area contributed by atoms with Crippen molar-refractivity contribution in [2.45, 2.75) is 104 Å². The lowest BCUT2D eigenvalue weighted by Crippen LogP contribution is -2.58. The number of piperidine rings is 1. The number of amides is 2. The summed E-state index contributed by atoms with van der Waals surface area (Å²) in [6.07, 6.45) is 3.71. The molecule has 0 aromatic carbocycles. The van der Waals surface area contributed by atoms with Crippen LogP contribution >= 0.6 is 11.3 Å². The van der Waals surface area contributed by atoms with Crippen molar-refractivity contribution in [3.8, 4) is 0 Å². The standard InChI is InChI=1S/C28H46N4O6S/c1-8-13-32(27(35)24(18(5)9-2)30-25(34)21-12-10-11-14-31(21)7)22(17(3)4)15-23(38-19(6)33)26-29-20(16-39-26)28(36)37/h16-18,21-24H,8-15H2,1-7H3,(H,30,34)(H,36,37)/t18-,21+,22?,23+,24-/m0/s1. The van der Waals surface area contributed by atoms with E-state index in [4.69, 9.17) is 4.74 Å². The van der Waals surface area contributed by atoms with E-state index in [1.807, 2.05) is 46.6 Å². The largest absolute Gasteiger partial charge is 0.476 e. The summed E-state index contributed by atoms with van der Waals surface area (Å²) in [6, 6.07) is -1.27. The second kappa shape index (κ2) is 15.3. The van der Waals surface area contributed by atoms with Gasteiger partial charge in [0, 0.05) is 31.3 Å². The predicted octanol–water partition coefficient (Wildman–Crippen LogP) is 4.11. The zero-order valence-corrected chi connectivity index (χ0v) is 25.3. The fourth-order valence-electron chi connectivity index (χ4n) is 5.11. The fourth-order valence-corrected chi connectivity index (χ4v) is 5.94. The normalized spacial score (nSPS) is 19.1. The number of likely N-dealkylation sites (tertiary alicyclic amines) is 1. The van der Waals surface area contributed by atoms with Gasteiger partial charge in [0.1, 0.15) is 11.0 Å². The fraction of sp³-hybridized carbons (Fsp3) is 0.750.